The minimum Gasteiger partial charge on any atom is -0.296 e. The van der Waals surface area contributed by atoms with Crippen LogP contribution < -0.4 is 0 Å². The van der Waals surface area contributed by atoms with Gasteiger partial charge in [0.2, 0.25) is 0 Å². The Morgan fingerprint density at radius 3 is 2.00 bits per heavy atom. The van der Waals surface area contributed by atoms with Gasteiger partial charge >= 0.3 is 5.97 Å². The average Bonchev–Trinajstić information content (AvgIpc) is 1.97. The van der Waals surface area contributed by atoms with E-state index in [2.05, 4.69) is 32.2 Å². The molecule has 0 aliphatic carbocycles. The van der Waals surface area contributed by atoms with Crippen LogP contribution in [-0.2, 0) is 9.68 Å². The molecule has 0 rings (SSSR count). The number of carbonyl (C=O) groups excluding carboxylic acids is 1. The molecule has 0 aromatic heterocycles. The first-order valence-electron chi connectivity index (χ1n) is 4.65. The molecule has 0 radical (unpaired) electrons. The lowest BCUT2D eigenvalue weighted by atomic mass is 9.72. The summed E-state index contributed by atoms with van der Waals surface area (Å²) in [5.41, 5.74) is 0.0372. The van der Waals surface area contributed by atoms with E-state index in [-0.39, 0.29) is 10.8 Å². The Balaban J connectivity index is 4.62. The highest BCUT2D eigenvalue weighted by Gasteiger charge is 2.32. The van der Waals surface area contributed by atoms with Crippen LogP contribution in [0.3, 0.4) is 0 Å². The van der Waals surface area contributed by atoms with Crippen molar-refractivity contribution in [3.05, 3.63) is 12.2 Å². The van der Waals surface area contributed by atoms with Crippen molar-refractivity contribution in [2.75, 3.05) is 0 Å². The highest BCUT2D eigenvalue weighted by Crippen LogP contribution is 2.38. The summed E-state index contributed by atoms with van der Waals surface area (Å²) >= 11 is 0. The van der Waals surface area contributed by atoms with Crippen LogP contribution in [0.4, 0.5) is 0 Å². The maximum Gasteiger partial charge on any atom is 0.368 e. The van der Waals surface area contributed by atoms with Crippen LogP contribution in [0.2, 0.25) is 0 Å². The van der Waals surface area contributed by atoms with Crippen LogP contribution in [0.25, 0.3) is 0 Å². The first kappa shape index (κ1) is 13.2. The molecule has 0 unspecified atom stereocenters. The summed E-state index contributed by atoms with van der Waals surface area (Å²) in [5, 5.41) is 8.26. The summed E-state index contributed by atoms with van der Waals surface area (Å²) in [4.78, 5) is 14.7. The third-order valence-electron chi connectivity index (χ3n) is 2.12. The van der Waals surface area contributed by atoms with Gasteiger partial charge in [-0.3, -0.25) is 4.89 Å². The van der Waals surface area contributed by atoms with Crippen molar-refractivity contribution in [3.8, 4) is 0 Å². The summed E-state index contributed by atoms with van der Waals surface area (Å²) < 4.78 is 0. The number of rotatable bonds is 3. The van der Waals surface area contributed by atoms with Crippen LogP contribution in [0.1, 0.15) is 41.0 Å². The normalized spacial score (nSPS) is 12.4. The van der Waals surface area contributed by atoms with Crippen molar-refractivity contribution in [1.82, 2.24) is 0 Å². The van der Waals surface area contributed by atoms with E-state index in [1.807, 2.05) is 13.8 Å². The first-order valence-corrected chi connectivity index (χ1v) is 4.65. The first-order chi connectivity index (χ1) is 6.10. The molecule has 0 saturated carbocycles. The predicted molar refractivity (Wildman–Crippen MR) is 55.7 cm³/mol. The zero-order chi connectivity index (χ0) is 11.6. The molecular formula is C11H20O3. The molecule has 3 heteroatoms. The topological polar surface area (TPSA) is 46.5 Å². The molecule has 0 aromatic rings. The van der Waals surface area contributed by atoms with E-state index >= 15 is 0 Å². The molecule has 0 amide bonds. The largest absolute Gasteiger partial charge is 0.368 e. The molecule has 0 fully saturated rings. The van der Waals surface area contributed by atoms with Gasteiger partial charge in [0, 0.05) is 5.57 Å². The minimum atomic E-state index is -0.751. The van der Waals surface area contributed by atoms with Crippen LogP contribution in [-0.4, -0.2) is 11.2 Å². The van der Waals surface area contributed by atoms with Gasteiger partial charge in [0.05, 0.1) is 0 Å². The lowest BCUT2D eigenvalue weighted by Crippen LogP contribution is -2.26. The van der Waals surface area contributed by atoms with E-state index in [0.29, 0.717) is 5.57 Å². The Labute approximate surface area is 85.7 Å². The van der Waals surface area contributed by atoms with Crippen molar-refractivity contribution >= 4 is 5.97 Å². The molecule has 0 bridgehead atoms. The van der Waals surface area contributed by atoms with Crippen LogP contribution in [0.5, 0.6) is 0 Å². The Hall–Kier alpha value is -0.830. The fourth-order valence-corrected chi connectivity index (χ4v) is 1.76. The second-order valence-electron chi connectivity index (χ2n) is 5.48. The number of hydrogen-bond donors (Lipinski definition) is 1. The number of hydrogen-bond acceptors (Lipinski definition) is 3. The van der Waals surface area contributed by atoms with Crippen molar-refractivity contribution in [2.24, 2.45) is 10.8 Å². The summed E-state index contributed by atoms with van der Waals surface area (Å²) in [6.45, 7) is 13.7. The quantitative estimate of drug-likeness (QED) is 0.432. The van der Waals surface area contributed by atoms with E-state index in [1.54, 1.807) is 0 Å². The van der Waals surface area contributed by atoms with Gasteiger partial charge in [-0.05, 0) is 17.3 Å². The molecule has 3 nitrogen and oxygen atoms in total. The van der Waals surface area contributed by atoms with Gasteiger partial charge in [0.15, 0.2) is 0 Å². The van der Waals surface area contributed by atoms with E-state index in [0.717, 1.165) is 6.42 Å². The third kappa shape index (κ3) is 3.92. The predicted octanol–water partition coefficient (Wildman–Crippen LogP) is 3.02. The molecule has 0 heterocycles. The van der Waals surface area contributed by atoms with Gasteiger partial charge in [-0.25, -0.2) is 4.79 Å². The standard InChI is InChI=1S/C11H20O3/c1-8(9(12)14-13)11(5,6)7-10(2,3)4/h13H,1,7H2,2-6H3. The molecule has 0 aliphatic rings. The zero-order valence-electron chi connectivity index (χ0n) is 9.68. The summed E-state index contributed by atoms with van der Waals surface area (Å²) in [6.07, 6.45) is 0.800. The van der Waals surface area contributed by atoms with E-state index in [1.165, 1.54) is 0 Å². The van der Waals surface area contributed by atoms with Gasteiger partial charge in [0.25, 0.3) is 0 Å². The van der Waals surface area contributed by atoms with E-state index < -0.39 is 5.97 Å². The van der Waals surface area contributed by atoms with Gasteiger partial charge in [0.1, 0.15) is 0 Å². The molecule has 82 valence electrons. The summed E-state index contributed by atoms with van der Waals surface area (Å²) in [5.74, 6) is -0.751. The Morgan fingerprint density at radius 2 is 1.71 bits per heavy atom. The monoisotopic (exact) mass is 200 g/mol. The van der Waals surface area contributed by atoms with E-state index in [9.17, 15) is 4.79 Å². The highest BCUT2D eigenvalue weighted by atomic mass is 17.1. The molecule has 0 spiro atoms. The van der Waals surface area contributed by atoms with Gasteiger partial charge < -0.3 is 0 Å². The fourth-order valence-electron chi connectivity index (χ4n) is 1.76. The van der Waals surface area contributed by atoms with Crippen molar-refractivity contribution < 1.29 is 14.9 Å². The minimum absolute atomic E-state index is 0.0994. The zero-order valence-corrected chi connectivity index (χ0v) is 9.68. The van der Waals surface area contributed by atoms with Gasteiger partial charge in [-0.2, -0.15) is 5.26 Å². The van der Waals surface area contributed by atoms with Crippen LogP contribution >= 0.6 is 0 Å². The molecule has 0 aromatic carbocycles. The Kier molecular flexibility index (Phi) is 3.89. The van der Waals surface area contributed by atoms with Crippen molar-refractivity contribution in [2.45, 2.75) is 41.0 Å². The average molecular weight is 200 g/mol. The molecule has 0 atom stereocenters. The van der Waals surface area contributed by atoms with Crippen LogP contribution in [0, 0.1) is 10.8 Å². The molecule has 1 N–H and O–H groups in total. The molecule has 14 heavy (non-hydrogen) atoms. The van der Waals surface area contributed by atoms with Crippen molar-refractivity contribution in [1.29, 1.82) is 0 Å². The second kappa shape index (κ2) is 4.13. The van der Waals surface area contributed by atoms with Gasteiger partial charge in [-0.1, -0.05) is 41.2 Å². The van der Waals surface area contributed by atoms with Crippen LogP contribution in [0.15, 0.2) is 12.2 Å². The SMILES string of the molecule is C=C(C(=O)OO)C(C)(C)CC(C)(C)C. The smallest absolute Gasteiger partial charge is 0.296 e. The number of carbonyl (C=O) groups is 1. The lowest BCUT2D eigenvalue weighted by Gasteiger charge is -2.32. The maximum absolute atomic E-state index is 11.1. The Bertz CT molecular complexity index is 233. The van der Waals surface area contributed by atoms with Gasteiger partial charge in [-0.15, -0.1) is 0 Å². The molecular weight excluding hydrogens is 180 g/mol. The van der Waals surface area contributed by atoms with Crippen molar-refractivity contribution in [3.63, 3.8) is 0 Å². The van der Waals surface area contributed by atoms with E-state index in [4.69, 9.17) is 5.26 Å². The fraction of sp³-hybridized carbons (Fsp3) is 0.727. The third-order valence-corrected chi connectivity index (χ3v) is 2.12. The molecule has 0 saturated heterocycles. The second-order valence-corrected chi connectivity index (χ2v) is 5.48. The highest BCUT2D eigenvalue weighted by molar-refractivity contribution is 5.88. The lowest BCUT2D eigenvalue weighted by molar-refractivity contribution is -0.230. The summed E-state index contributed by atoms with van der Waals surface area (Å²) in [6, 6.07) is 0. The molecule has 0 aliphatic heterocycles. The maximum atomic E-state index is 11.1. The Morgan fingerprint density at radius 1 is 1.29 bits per heavy atom. The summed E-state index contributed by atoms with van der Waals surface area (Å²) in [7, 11) is 0.